The maximum Gasteiger partial charge on any atom is 2.00 e. The van der Waals surface area contributed by atoms with Gasteiger partial charge in [0.05, 0.1) is 0 Å². The summed E-state index contributed by atoms with van der Waals surface area (Å²) in [7, 11) is 0. The zero-order valence-corrected chi connectivity index (χ0v) is 4.41. The van der Waals surface area contributed by atoms with Gasteiger partial charge in [-0.15, -0.1) is 0 Å². The molecule has 4 heteroatoms. The SMILES string of the molecule is CC(=O)NO.[Mn+2]. The Morgan fingerprint density at radius 1 is 1.83 bits per heavy atom. The van der Waals surface area contributed by atoms with Crippen molar-refractivity contribution in [3.8, 4) is 0 Å². The van der Waals surface area contributed by atoms with Gasteiger partial charge in [0.2, 0.25) is 5.91 Å². The molecule has 0 aliphatic rings. The van der Waals surface area contributed by atoms with Gasteiger partial charge in [0.15, 0.2) is 0 Å². The molecular weight excluding hydrogens is 125 g/mol. The van der Waals surface area contributed by atoms with Crippen LogP contribution in [0, 0.1) is 0 Å². The predicted molar refractivity (Wildman–Crippen MR) is 15.6 cm³/mol. The van der Waals surface area contributed by atoms with E-state index >= 15 is 0 Å². The van der Waals surface area contributed by atoms with Crippen molar-refractivity contribution in [2.75, 3.05) is 0 Å². The summed E-state index contributed by atoms with van der Waals surface area (Å²) in [5.41, 5.74) is 1.39. The van der Waals surface area contributed by atoms with E-state index in [0.29, 0.717) is 0 Å². The third-order valence-corrected chi connectivity index (χ3v) is 0.157. The molecule has 0 unspecified atom stereocenters. The molecule has 35 valence electrons. The van der Waals surface area contributed by atoms with E-state index in [4.69, 9.17) is 5.21 Å². The van der Waals surface area contributed by atoms with E-state index < -0.39 is 5.91 Å². The van der Waals surface area contributed by atoms with Gasteiger partial charge in [-0.1, -0.05) is 0 Å². The maximum atomic E-state index is 9.45. The number of hydrogen-bond donors (Lipinski definition) is 2. The number of hydrogen-bond acceptors (Lipinski definition) is 2. The van der Waals surface area contributed by atoms with Crippen LogP contribution in [0.2, 0.25) is 0 Å². The Bertz CT molecular complexity index is 46.8. The second-order valence-corrected chi connectivity index (χ2v) is 0.668. The summed E-state index contributed by atoms with van der Waals surface area (Å²) in [5.74, 6) is -0.440. The van der Waals surface area contributed by atoms with Gasteiger partial charge in [0.25, 0.3) is 0 Å². The molecule has 2 N–H and O–H groups in total. The van der Waals surface area contributed by atoms with Crippen LogP contribution in [-0.4, -0.2) is 11.1 Å². The number of hydroxylamine groups is 1. The Kier molecular flexibility index (Phi) is 7.71. The van der Waals surface area contributed by atoms with Crippen LogP contribution >= 0.6 is 0 Å². The fourth-order valence-corrected chi connectivity index (χ4v) is 0. The molecule has 0 bridgehead atoms. The van der Waals surface area contributed by atoms with Crippen molar-refractivity contribution < 1.29 is 27.1 Å². The number of rotatable bonds is 0. The molecule has 1 radical (unpaired) electrons. The van der Waals surface area contributed by atoms with Gasteiger partial charge in [-0.3, -0.25) is 10.0 Å². The summed E-state index contributed by atoms with van der Waals surface area (Å²) >= 11 is 0. The first-order chi connectivity index (χ1) is 2.27. The fraction of sp³-hybridized carbons (Fsp3) is 0.500. The van der Waals surface area contributed by atoms with E-state index in [-0.39, 0.29) is 17.1 Å². The molecule has 1 amide bonds. The summed E-state index contributed by atoms with van der Waals surface area (Å²) in [4.78, 5) is 9.45. The number of nitrogens with one attached hydrogen (secondary N) is 1. The summed E-state index contributed by atoms with van der Waals surface area (Å²) in [6, 6.07) is 0. The molecule has 0 spiro atoms. The molecule has 0 aromatic carbocycles. The van der Waals surface area contributed by atoms with Crippen LogP contribution in [-0.2, 0) is 21.9 Å². The van der Waals surface area contributed by atoms with Crippen molar-refractivity contribution in [1.29, 1.82) is 0 Å². The van der Waals surface area contributed by atoms with Crippen LogP contribution in [0.5, 0.6) is 0 Å². The molecule has 0 aliphatic heterocycles. The number of amides is 1. The van der Waals surface area contributed by atoms with Crippen molar-refractivity contribution in [2.24, 2.45) is 0 Å². The van der Waals surface area contributed by atoms with E-state index in [1.165, 1.54) is 12.4 Å². The molecule has 0 saturated heterocycles. The van der Waals surface area contributed by atoms with Gasteiger partial charge in [-0.05, 0) is 0 Å². The fourth-order valence-electron chi connectivity index (χ4n) is 0. The molecule has 6 heavy (non-hydrogen) atoms. The first kappa shape index (κ1) is 9.34. The molecule has 0 heterocycles. The Morgan fingerprint density at radius 2 is 2.00 bits per heavy atom. The van der Waals surface area contributed by atoms with E-state index in [1.54, 1.807) is 0 Å². The van der Waals surface area contributed by atoms with Gasteiger partial charge in [0, 0.05) is 6.92 Å². The normalized spacial score (nSPS) is 5.67. The molecule has 0 aliphatic carbocycles. The van der Waals surface area contributed by atoms with Gasteiger partial charge < -0.3 is 0 Å². The zero-order chi connectivity index (χ0) is 4.28. The summed E-state index contributed by atoms with van der Waals surface area (Å²) in [5, 5.41) is 7.54. The first-order valence-corrected chi connectivity index (χ1v) is 1.18. The third-order valence-electron chi connectivity index (χ3n) is 0.157. The maximum absolute atomic E-state index is 9.45. The summed E-state index contributed by atoms with van der Waals surface area (Å²) < 4.78 is 0. The Labute approximate surface area is 46.2 Å². The number of carbonyl (C=O) groups excluding carboxylic acids is 1. The molecule has 0 fully saturated rings. The van der Waals surface area contributed by atoms with Crippen molar-refractivity contribution in [2.45, 2.75) is 6.92 Å². The minimum absolute atomic E-state index is 0. The predicted octanol–water partition coefficient (Wildman–Crippen LogP) is -0.491. The van der Waals surface area contributed by atoms with Gasteiger partial charge in [0.1, 0.15) is 0 Å². The van der Waals surface area contributed by atoms with Crippen LogP contribution in [0.3, 0.4) is 0 Å². The van der Waals surface area contributed by atoms with Gasteiger partial charge >= 0.3 is 17.1 Å². The zero-order valence-electron chi connectivity index (χ0n) is 3.23. The van der Waals surface area contributed by atoms with Gasteiger partial charge in [-0.2, -0.15) is 0 Å². The van der Waals surface area contributed by atoms with Crippen LogP contribution in [0.25, 0.3) is 0 Å². The average Bonchev–Trinajstić information content (AvgIpc) is 1.38. The Hall–Kier alpha value is -0.0505. The topological polar surface area (TPSA) is 49.3 Å². The van der Waals surface area contributed by atoms with Crippen LogP contribution in [0.15, 0.2) is 0 Å². The molecule has 0 aromatic heterocycles. The van der Waals surface area contributed by atoms with E-state index in [9.17, 15) is 4.79 Å². The van der Waals surface area contributed by atoms with Crippen molar-refractivity contribution >= 4 is 5.91 Å². The minimum Gasteiger partial charge on any atom is -0.289 e. The molecule has 3 nitrogen and oxygen atoms in total. The molecule has 0 rings (SSSR count). The van der Waals surface area contributed by atoms with Crippen molar-refractivity contribution in [3.05, 3.63) is 0 Å². The first-order valence-electron chi connectivity index (χ1n) is 1.18. The monoisotopic (exact) mass is 130 g/mol. The van der Waals surface area contributed by atoms with Crippen LogP contribution < -0.4 is 5.48 Å². The Balaban J connectivity index is 0. The molecule has 0 atom stereocenters. The summed E-state index contributed by atoms with van der Waals surface area (Å²) in [6.07, 6.45) is 0. The smallest absolute Gasteiger partial charge is 0.289 e. The molecule has 0 saturated carbocycles. The van der Waals surface area contributed by atoms with Crippen molar-refractivity contribution in [1.82, 2.24) is 5.48 Å². The summed E-state index contributed by atoms with van der Waals surface area (Å²) in [6.45, 7) is 1.22. The van der Waals surface area contributed by atoms with E-state index in [0.717, 1.165) is 0 Å². The molecule has 0 aromatic rings. The second-order valence-electron chi connectivity index (χ2n) is 0.668. The van der Waals surface area contributed by atoms with Crippen LogP contribution in [0.1, 0.15) is 6.92 Å². The van der Waals surface area contributed by atoms with E-state index in [2.05, 4.69) is 0 Å². The van der Waals surface area contributed by atoms with E-state index in [1.807, 2.05) is 0 Å². The third kappa shape index (κ3) is 9.04. The largest absolute Gasteiger partial charge is 2.00 e. The molecular formula is C2H5MnNO2+2. The minimum atomic E-state index is -0.440. The Morgan fingerprint density at radius 3 is 2.00 bits per heavy atom. The standard InChI is InChI=1S/C2H5NO2.Mn/c1-2(4)3-5;/h5H,1H3,(H,3,4);/q;+2. The second kappa shape index (κ2) is 4.95. The van der Waals surface area contributed by atoms with Crippen molar-refractivity contribution in [3.63, 3.8) is 0 Å². The quantitative estimate of drug-likeness (QED) is 0.264. The number of carbonyl (C=O) groups is 1. The average molecular weight is 130 g/mol. The van der Waals surface area contributed by atoms with Gasteiger partial charge in [-0.25, -0.2) is 5.48 Å². The van der Waals surface area contributed by atoms with Crippen LogP contribution in [0.4, 0.5) is 0 Å².